The quantitative estimate of drug-likeness (QED) is 0.488. The molecule has 3 rings (SSSR count). The fraction of sp³-hybridized carbons (Fsp3) is 0.476. The Balaban J connectivity index is 1.94. The first-order valence-corrected chi connectivity index (χ1v) is 13.1. The van der Waals surface area contributed by atoms with Crippen molar-refractivity contribution < 1.29 is 13.2 Å². The van der Waals surface area contributed by atoms with Crippen LogP contribution in [0.4, 0.5) is 0 Å². The molecular weight excluding hydrogens is 442 g/mol. The molecule has 1 aliphatic rings. The Kier molecular flexibility index (Phi) is 6.79. The number of hydrogen-bond acceptors (Lipinski definition) is 6. The van der Waals surface area contributed by atoms with Gasteiger partial charge in [0.15, 0.2) is 20.7 Å². The Morgan fingerprint density at radius 2 is 1.93 bits per heavy atom. The van der Waals surface area contributed by atoms with Crippen LogP contribution in [0.25, 0.3) is 0 Å². The maximum Gasteiger partial charge on any atom is 0.274 e. The molecule has 0 N–H and O–H groups in total. The molecule has 0 unspecified atom stereocenters. The lowest BCUT2D eigenvalue weighted by Crippen LogP contribution is -2.41. The van der Waals surface area contributed by atoms with Crippen LogP contribution >= 0.6 is 23.4 Å². The van der Waals surface area contributed by atoms with Crippen LogP contribution < -0.4 is 0 Å². The van der Waals surface area contributed by atoms with Crippen molar-refractivity contribution in [1.29, 1.82) is 0 Å². The maximum absolute atomic E-state index is 13.4. The molecule has 2 heterocycles. The Morgan fingerprint density at radius 1 is 1.27 bits per heavy atom. The zero-order valence-corrected chi connectivity index (χ0v) is 19.9. The van der Waals surface area contributed by atoms with Crippen LogP contribution in [-0.2, 0) is 21.8 Å². The lowest BCUT2D eigenvalue weighted by atomic mass is 9.86. The van der Waals surface area contributed by atoms with E-state index in [2.05, 4.69) is 30.7 Å². The van der Waals surface area contributed by atoms with Gasteiger partial charge in [-0.3, -0.25) is 4.79 Å². The molecule has 1 aromatic carbocycles. The van der Waals surface area contributed by atoms with Crippen molar-refractivity contribution in [2.75, 3.05) is 17.8 Å². The third-order valence-corrected chi connectivity index (χ3v) is 7.78. The van der Waals surface area contributed by atoms with Gasteiger partial charge in [-0.1, -0.05) is 68.4 Å². The average molecular weight is 468 g/mol. The highest BCUT2D eigenvalue weighted by molar-refractivity contribution is 7.98. The minimum absolute atomic E-state index is 0.0241. The van der Waals surface area contributed by atoms with Crippen molar-refractivity contribution in [1.82, 2.24) is 14.9 Å². The zero-order chi connectivity index (χ0) is 22.1. The molecule has 0 bridgehead atoms. The van der Waals surface area contributed by atoms with Crippen molar-refractivity contribution in [3.8, 4) is 0 Å². The van der Waals surface area contributed by atoms with E-state index < -0.39 is 15.9 Å². The van der Waals surface area contributed by atoms with Gasteiger partial charge in [0.2, 0.25) is 0 Å². The van der Waals surface area contributed by atoms with Gasteiger partial charge in [0.25, 0.3) is 5.91 Å². The summed E-state index contributed by atoms with van der Waals surface area (Å²) in [6.45, 7) is 6.71. The monoisotopic (exact) mass is 467 g/mol. The molecule has 2 aromatic rings. The first kappa shape index (κ1) is 23.0. The molecule has 162 valence electrons. The molecule has 30 heavy (non-hydrogen) atoms. The predicted molar refractivity (Wildman–Crippen MR) is 121 cm³/mol. The van der Waals surface area contributed by atoms with E-state index in [-0.39, 0.29) is 33.5 Å². The third kappa shape index (κ3) is 5.34. The molecule has 1 atom stereocenters. The summed E-state index contributed by atoms with van der Waals surface area (Å²) < 4.78 is 24.2. The summed E-state index contributed by atoms with van der Waals surface area (Å²) in [5.41, 5.74) is 2.24. The second kappa shape index (κ2) is 8.85. The average Bonchev–Trinajstić information content (AvgIpc) is 3.05. The van der Waals surface area contributed by atoms with Crippen molar-refractivity contribution in [2.24, 2.45) is 0 Å². The highest BCUT2D eigenvalue weighted by atomic mass is 35.5. The number of rotatable bonds is 5. The normalized spacial score (nSPS) is 18.4. The Morgan fingerprint density at radius 3 is 2.47 bits per heavy atom. The van der Waals surface area contributed by atoms with Crippen LogP contribution in [0.3, 0.4) is 0 Å². The van der Waals surface area contributed by atoms with Crippen molar-refractivity contribution >= 4 is 39.1 Å². The Bertz CT molecular complexity index is 1030. The Labute approximate surface area is 187 Å². The molecule has 1 amide bonds. The smallest absolute Gasteiger partial charge is 0.274 e. The van der Waals surface area contributed by atoms with Crippen molar-refractivity contribution in [3.63, 3.8) is 0 Å². The molecule has 1 aromatic heterocycles. The SMILES string of the molecule is CSc1ncc(Cl)c(C(=O)N(Cc2ccc(C(C)(C)C)cc2)[C@@H]2CCS(=O)(=O)C2)n1. The molecule has 1 saturated heterocycles. The van der Waals surface area contributed by atoms with Crippen LogP contribution in [0.15, 0.2) is 35.6 Å². The predicted octanol–water partition coefficient (Wildman–Crippen LogP) is 3.98. The van der Waals surface area contributed by atoms with Crippen LogP contribution in [-0.4, -0.2) is 53.0 Å². The van der Waals surface area contributed by atoms with Gasteiger partial charge in [-0.25, -0.2) is 18.4 Å². The number of thioether (sulfide) groups is 1. The van der Waals surface area contributed by atoms with Gasteiger partial charge in [-0.15, -0.1) is 0 Å². The molecule has 1 aliphatic heterocycles. The zero-order valence-electron chi connectivity index (χ0n) is 17.6. The van der Waals surface area contributed by atoms with Crippen LogP contribution in [0.2, 0.25) is 5.02 Å². The number of nitrogens with zero attached hydrogens (tertiary/aromatic N) is 3. The lowest BCUT2D eigenvalue weighted by molar-refractivity contribution is 0.0674. The maximum atomic E-state index is 13.4. The van der Waals surface area contributed by atoms with Gasteiger partial charge < -0.3 is 4.90 Å². The number of amides is 1. The molecule has 6 nitrogen and oxygen atoms in total. The highest BCUT2D eigenvalue weighted by Gasteiger charge is 2.36. The number of aromatic nitrogens is 2. The van der Waals surface area contributed by atoms with E-state index in [1.54, 1.807) is 4.90 Å². The minimum Gasteiger partial charge on any atom is -0.329 e. The van der Waals surface area contributed by atoms with Gasteiger partial charge in [-0.05, 0) is 29.2 Å². The molecular formula is C21H26ClN3O3S2. The standard InChI is InChI=1S/C21H26ClN3O3S2/c1-21(2,3)15-7-5-14(6-8-15)12-25(16-9-10-30(27,28)13-16)19(26)18-17(22)11-23-20(24-18)29-4/h5-8,11,16H,9-10,12-13H2,1-4H3/t16-/m1/s1. The van der Waals surface area contributed by atoms with E-state index in [1.165, 1.54) is 23.5 Å². The molecule has 1 fully saturated rings. The van der Waals surface area contributed by atoms with Gasteiger partial charge >= 0.3 is 0 Å². The van der Waals surface area contributed by atoms with Gasteiger partial charge in [0, 0.05) is 12.6 Å². The van der Waals surface area contributed by atoms with Crippen LogP contribution in [0.1, 0.15) is 48.8 Å². The number of carbonyl (C=O) groups excluding carboxylic acids is 1. The number of hydrogen-bond donors (Lipinski definition) is 0. The summed E-state index contributed by atoms with van der Waals surface area (Å²) >= 11 is 7.54. The number of carbonyl (C=O) groups is 1. The molecule has 0 spiro atoms. The first-order valence-electron chi connectivity index (χ1n) is 9.67. The largest absolute Gasteiger partial charge is 0.329 e. The minimum atomic E-state index is -3.16. The highest BCUT2D eigenvalue weighted by Crippen LogP contribution is 2.27. The molecule has 9 heteroatoms. The summed E-state index contributed by atoms with van der Waals surface area (Å²) in [6.07, 6.45) is 3.64. The van der Waals surface area contributed by atoms with Gasteiger partial charge in [0.1, 0.15) is 0 Å². The van der Waals surface area contributed by atoms with E-state index in [0.29, 0.717) is 18.1 Å². The fourth-order valence-electron chi connectivity index (χ4n) is 3.43. The van der Waals surface area contributed by atoms with Gasteiger partial charge in [0.05, 0.1) is 22.7 Å². The first-order chi connectivity index (χ1) is 14.0. The van der Waals surface area contributed by atoms with Gasteiger partial charge in [-0.2, -0.15) is 0 Å². The van der Waals surface area contributed by atoms with E-state index in [0.717, 1.165) is 5.56 Å². The van der Waals surface area contributed by atoms with E-state index in [4.69, 9.17) is 11.6 Å². The van der Waals surface area contributed by atoms with E-state index in [9.17, 15) is 13.2 Å². The summed E-state index contributed by atoms with van der Waals surface area (Å²) in [4.78, 5) is 23.4. The molecule has 0 saturated carbocycles. The topological polar surface area (TPSA) is 80.2 Å². The summed E-state index contributed by atoms with van der Waals surface area (Å²) in [6, 6.07) is 7.66. The van der Waals surface area contributed by atoms with Crippen LogP contribution in [0, 0.1) is 0 Å². The van der Waals surface area contributed by atoms with E-state index in [1.807, 2.05) is 30.5 Å². The number of benzene rings is 1. The number of halogens is 1. The summed E-state index contributed by atoms with van der Waals surface area (Å²) in [5.74, 6) is -0.339. The third-order valence-electron chi connectivity index (χ3n) is 5.19. The summed E-state index contributed by atoms with van der Waals surface area (Å²) in [5, 5.41) is 0.600. The molecule has 0 aliphatic carbocycles. The second-order valence-corrected chi connectivity index (χ2v) is 11.9. The number of sulfone groups is 1. The lowest BCUT2D eigenvalue weighted by Gasteiger charge is -2.29. The van der Waals surface area contributed by atoms with Crippen molar-refractivity contribution in [3.05, 3.63) is 52.3 Å². The van der Waals surface area contributed by atoms with E-state index >= 15 is 0 Å². The fourth-order valence-corrected chi connectivity index (χ4v) is 5.67. The Hall–Kier alpha value is -1.64. The van der Waals surface area contributed by atoms with Crippen LogP contribution in [0.5, 0.6) is 0 Å². The van der Waals surface area contributed by atoms with Crippen molar-refractivity contribution in [2.45, 2.75) is 50.4 Å². The summed E-state index contributed by atoms with van der Waals surface area (Å²) in [7, 11) is -3.16. The molecule has 0 radical (unpaired) electrons. The second-order valence-electron chi connectivity index (χ2n) is 8.49.